The van der Waals surface area contributed by atoms with Gasteiger partial charge in [0.2, 0.25) is 0 Å². The van der Waals surface area contributed by atoms with E-state index >= 15 is 0 Å². The summed E-state index contributed by atoms with van der Waals surface area (Å²) in [5, 5.41) is 0.776. The molecule has 1 aromatic carbocycles. The number of benzene rings is 1. The summed E-state index contributed by atoms with van der Waals surface area (Å²) in [7, 11) is 0. The molecule has 0 radical (unpaired) electrons. The van der Waals surface area contributed by atoms with E-state index in [1.165, 1.54) is 18.3 Å². The minimum Gasteiger partial charge on any atom is -0.339 e. The molecule has 0 saturated carbocycles. The van der Waals surface area contributed by atoms with E-state index in [0.29, 0.717) is 38.4 Å². The number of nitrogens with one attached hydrogen (secondary N) is 1. The van der Waals surface area contributed by atoms with E-state index < -0.39 is 0 Å². The quantitative estimate of drug-likeness (QED) is 0.580. The first kappa shape index (κ1) is 15.5. The van der Waals surface area contributed by atoms with Gasteiger partial charge in [-0.1, -0.05) is 11.6 Å². The second-order valence-electron chi connectivity index (χ2n) is 5.50. The zero-order valence-corrected chi connectivity index (χ0v) is 13.6. The van der Waals surface area contributed by atoms with Gasteiger partial charge in [0, 0.05) is 18.6 Å². The number of aromatic nitrogens is 3. The Balaban J connectivity index is 2.11. The Morgan fingerprint density at radius 1 is 1.00 bits per heavy atom. The Kier molecular flexibility index (Phi) is 3.78. The highest BCUT2D eigenvalue weighted by atomic mass is 35.5. The van der Waals surface area contributed by atoms with Crippen molar-refractivity contribution in [1.29, 1.82) is 0 Å². The van der Waals surface area contributed by atoms with E-state index in [1.54, 1.807) is 42.7 Å². The van der Waals surface area contributed by atoms with Crippen molar-refractivity contribution in [2.75, 3.05) is 0 Å². The number of pyridine rings is 3. The average Bonchev–Trinajstić information content (AvgIpc) is 2.63. The van der Waals surface area contributed by atoms with Crippen LogP contribution in [0, 0.1) is 5.82 Å². The number of fused-ring (bicyclic) bond motifs is 1. The first-order valence-electron chi connectivity index (χ1n) is 7.51. The van der Waals surface area contributed by atoms with Crippen molar-refractivity contribution in [3.05, 3.63) is 82.1 Å². The lowest BCUT2D eigenvalue weighted by Gasteiger charge is -2.12. The van der Waals surface area contributed by atoms with Crippen LogP contribution in [0.3, 0.4) is 0 Å². The molecular formula is C19H11ClFN3O. The minimum atomic E-state index is -0.345. The van der Waals surface area contributed by atoms with Crippen LogP contribution in [-0.4, -0.2) is 15.0 Å². The molecule has 0 fully saturated rings. The first-order valence-corrected chi connectivity index (χ1v) is 7.89. The van der Waals surface area contributed by atoms with Crippen molar-refractivity contribution in [2.45, 2.75) is 0 Å². The fraction of sp³-hybridized carbons (Fsp3) is 0. The zero-order valence-electron chi connectivity index (χ0n) is 12.8. The number of rotatable bonds is 2. The molecule has 0 aliphatic rings. The van der Waals surface area contributed by atoms with Gasteiger partial charge >= 0.3 is 0 Å². The highest BCUT2D eigenvalue weighted by Crippen LogP contribution is 2.29. The molecule has 122 valence electrons. The molecule has 0 atom stereocenters. The normalized spacial score (nSPS) is 11.0. The summed E-state index contributed by atoms with van der Waals surface area (Å²) >= 11 is 6.00. The molecule has 25 heavy (non-hydrogen) atoms. The highest BCUT2D eigenvalue weighted by molar-refractivity contribution is 6.31. The summed E-state index contributed by atoms with van der Waals surface area (Å²) in [6.07, 6.45) is 4.70. The van der Waals surface area contributed by atoms with E-state index in [1.807, 2.05) is 0 Å². The molecule has 4 aromatic rings. The fourth-order valence-corrected chi connectivity index (χ4v) is 2.93. The maximum atomic E-state index is 13.3. The van der Waals surface area contributed by atoms with Gasteiger partial charge in [0.05, 0.1) is 21.7 Å². The van der Waals surface area contributed by atoms with Gasteiger partial charge in [-0.05, 0) is 53.6 Å². The number of hydrogen-bond acceptors (Lipinski definition) is 3. The third-order valence-corrected chi connectivity index (χ3v) is 4.13. The summed E-state index contributed by atoms with van der Waals surface area (Å²) in [4.78, 5) is 24.5. The molecule has 0 spiro atoms. The summed E-state index contributed by atoms with van der Waals surface area (Å²) in [5.41, 5.74) is 2.64. The third-order valence-electron chi connectivity index (χ3n) is 3.92. The molecule has 6 heteroatoms. The summed E-state index contributed by atoms with van der Waals surface area (Å²) in [6.45, 7) is 0. The second-order valence-corrected chi connectivity index (χ2v) is 5.93. The Bertz CT molecular complexity index is 1130. The molecule has 4 nitrogen and oxygen atoms in total. The van der Waals surface area contributed by atoms with E-state index in [4.69, 9.17) is 11.6 Å². The summed E-state index contributed by atoms with van der Waals surface area (Å²) in [5.74, 6) is -0.345. The van der Waals surface area contributed by atoms with E-state index in [-0.39, 0.29) is 11.2 Å². The lowest BCUT2D eigenvalue weighted by Crippen LogP contribution is -2.10. The molecular weight excluding hydrogens is 341 g/mol. The van der Waals surface area contributed by atoms with E-state index in [0.717, 1.165) is 0 Å². The molecule has 0 unspecified atom stereocenters. The molecule has 0 aliphatic carbocycles. The van der Waals surface area contributed by atoms with Gasteiger partial charge in [-0.2, -0.15) is 0 Å². The second kappa shape index (κ2) is 6.11. The Hall–Kier alpha value is -3.05. The van der Waals surface area contributed by atoms with Gasteiger partial charge < -0.3 is 4.98 Å². The standard InChI is InChI=1S/C19H11ClFN3O/c20-13-9-15-18(25)16(11-5-7-22-8-6-11)17(24-19(15)23-10-13)12-1-3-14(21)4-2-12/h1-10H,(H,23,24,25). The van der Waals surface area contributed by atoms with Crippen LogP contribution in [0.5, 0.6) is 0 Å². The van der Waals surface area contributed by atoms with E-state index in [9.17, 15) is 9.18 Å². The fourth-order valence-electron chi connectivity index (χ4n) is 2.77. The number of hydrogen-bond donors (Lipinski definition) is 1. The SMILES string of the molecule is O=c1c(-c2ccncc2)c(-c2ccc(F)cc2)[nH]c2ncc(Cl)cc12. The van der Waals surface area contributed by atoms with Crippen molar-refractivity contribution >= 4 is 22.6 Å². The van der Waals surface area contributed by atoms with Crippen molar-refractivity contribution < 1.29 is 4.39 Å². The van der Waals surface area contributed by atoms with Crippen LogP contribution in [0.25, 0.3) is 33.4 Å². The molecule has 3 aromatic heterocycles. The van der Waals surface area contributed by atoms with Crippen LogP contribution < -0.4 is 5.43 Å². The summed E-state index contributed by atoms with van der Waals surface area (Å²) < 4.78 is 13.3. The molecule has 3 heterocycles. The van der Waals surface area contributed by atoms with E-state index in [2.05, 4.69) is 15.0 Å². The lowest BCUT2D eigenvalue weighted by molar-refractivity contribution is 0.628. The molecule has 1 N–H and O–H groups in total. The number of aromatic amines is 1. The minimum absolute atomic E-state index is 0.200. The average molecular weight is 352 g/mol. The van der Waals surface area contributed by atoms with Crippen molar-refractivity contribution in [2.24, 2.45) is 0 Å². The van der Waals surface area contributed by atoms with Crippen LogP contribution in [-0.2, 0) is 0 Å². The van der Waals surface area contributed by atoms with Gasteiger partial charge in [0.25, 0.3) is 0 Å². The summed E-state index contributed by atoms with van der Waals surface area (Å²) in [6, 6.07) is 11.0. The lowest BCUT2D eigenvalue weighted by atomic mass is 9.98. The molecule has 0 aliphatic heterocycles. The van der Waals surface area contributed by atoms with Gasteiger partial charge in [-0.25, -0.2) is 9.37 Å². The highest BCUT2D eigenvalue weighted by Gasteiger charge is 2.16. The van der Waals surface area contributed by atoms with Gasteiger partial charge in [-0.15, -0.1) is 0 Å². The van der Waals surface area contributed by atoms with Crippen molar-refractivity contribution in [3.8, 4) is 22.4 Å². The van der Waals surface area contributed by atoms with Crippen LogP contribution in [0.2, 0.25) is 5.02 Å². The smallest absolute Gasteiger partial charge is 0.199 e. The van der Waals surface area contributed by atoms with Gasteiger partial charge in [-0.3, -0.25) is 9.78 Å². The van der Waals surface area contributed by atoms with Crippen molar-refractivity contribution in [1.82, 2.24) is 15.0 Å². The van der Waals surface area contributed by atoms with Crippen LogP contribution >= 0.6 is 11.6 Å². The van der Waals surface area contributed by atoms with Gasteiger partial charge in [0.1, 0.15) is 11.5 Å². The number of H-pyrrole nitrogens is 1. The Morgan fingerprint density at radius 2 is 1.72 bits per heavy atom. The van der Waals surface area contributed by atoms with Crippen molar-refractivity contribution in [3.63, 3.8) is 0 Å². The van der Waals surface area contributed by atoms with Crippen LogP contribution in [0.4, 0.5) is 4.39 Å². The first-order chi connectivity index (χ1) is 12.1. The predicted molar refractivity (Wildman–Crippen MR) is 96.0 cm³/mol. The Morgan fingerprint density at radius 3 is 2.44 bits per heavy atom. The molecule has 0 amide bonds. The zero-order chi connectivity index (χ0) is 17.4. The predicted octanol–water partition coefficient (Wildman–Crippen LogP) is 4.44. The van der Waals surface area contributed by atoms with Gasteiger partial charge in [0.15, 0.2) is 5.43 Å². The monoisotopic (exact) mass is 351 g/mol. The van der Waals surface area contributed by atoms with Crippen LogP contribution in [0.15, 0.2) is 65.8 Å². The maximum absolute atomic E-state index is 13.3. The number of nitrogens with zero attached hydrogens (tertiary/aromatic N) is 2. The number of halogens is 2. The van der Waals surface area contributed by atoms with Crippen LogP contribution in [0.1, 0.15) is 0 Å². The molecule has 0 saturated heterocycles. The molecule has 4 rings (SSSR count). The largest absolute Gasteiger partial charge is 0.339 e. The maximum Gasteiger partial charge on any atom is 0.199 e. The third kappa shape index (κ3) is 2.79. The topological polar surface area (TPSA) is 58.6 Å². The Labute approximate surface area is 147 Å². The molecule has 0 bridgehead atoms.